The van der Waals surface area contributed by atoms with Crippen LogP contribution in [0.4, 0.5) is 10.6 Å². The average Bonchev–Trinajstić information content (AvgIpc) is 2.15. The van der Waals surface area contributed by atoms with Crippen LogP contribution in [-0.2, 0) is 4.74 Å². The van der Waals surface area contributed by atoms with E-state index in [2.05, 4.69) is 9.97 Å². The van der Waals surface area contributed by atoms with E-state index in [1.807, 2.05) is 20.8 Å². The Morgan fingerprint density at radius 2 is 1.88 bits per heavy atom. The van der Waals surface area contributed by atoms with E-state index in [1.54, 1.807) is 26.4 Å². The molecule has 1 heterocycles. The highest BCUT2D eigenvalue weighted by molar-refractivity contribution is 5.86. The molecule has 1 aromatic rings. The summed E-state index contributed by atoms with van der Waals surface area (Å²) >= 11 is 0. The molecule has 0 bridgehead atoms. The summed E-state index contributed by atoms with van der Waals surface area (Å²) in [6, 6.07) is 0. The molecule has 0 fully saturated rings. The Kier molecular flexibility index (Phi) is 3.47. The standard InChI is InChI=1S/C11H17N3O2/c1-8-9(13-7-6-12-8)14(5)10(15)16-11(2,3)4/h6-7H,1-5H3. The second kappa shape index (κ2) is 4.47. The third kappa shape index (κ3) is 3.18. The Hall–Kier alpha value is -1.65. The van der Waals surface area contributed by atoms with Gasteiger partial charge in [0.2, 0.25) is 0 Å². The van der Waals surface area contributed by atoms with Crippen molar-refractivity contribution in [2.45, 2.75) is 33.3 Å². The first kappa shape index (κ1) is 12.4. The van der Waals surface area contributed by atoms with Gasteiger partial charge >= 0.3 is 6.09 Å². The van der Waals surface area contributed by atoms with Gasteiger partial charge in [0, 0.05) is 19.4 Å². The highest BCUT2D eigenvalue weighted by Crippen LogP contribution is 2.16. The molecule has 1 rings (SSSR count). The minimum Gasteiger partial charge on any atom is -0.443 e. The molecule has 0 atom stereocenters. The molecule has 0 unspecified atom stereocenters. The van der Waals surface area contributed by atoms with Crippen LogP contribution in [0.1, 0.15) is 26.5 Å². The van der Waals surface area contributed by atoms with Crippen molar-refractivity contribution in [3.8, 4) is 0 Å². The highest BCUT2D eigenvalue weighted by atomic mass is 16.6. The maximum atomic E-state index is 11.7. The van der Waals surface area contributed by atoms with Gasteiger partial charge in [-0.05, 0) is 27.7 Å². The first-order chi connectivity index (χ1) is 7.31. The Bertz CT molecular complexity index is 385. The van der Waals surface area contributed by atoms with Crippen LogP contribution in [0.2, 0.25) is 0 Å². The fraction of sp³-hybridized carbons (Fsp3) is 0.545. The van der Waals surface area contributed by atoms with Gasteiger partial charge < -0.3 is 4.74 Å². The van der Waals surface area contributed by atoms with Crippen molar-refractivity contribution < 1.29 is 9.53 Å². The predicted molar refractivity (Wildman–Crippen MR) is 61.4 cm³/mol. The van der Waals surface area contributed by atoms with Gasteiger partial charge in [0.05, 0.1) is 5.69 Å². The summed E-state index contributed by atoms with van der Waals surface area (Å²) in [6.45, 7) is 7.26. The number of ether oxygens (including phenoxy) is 1. The number of anilines is 1. The normalized spacial score (nSPS) is 11.1. The summed E-state index contributed by atoms with van der Waals surface area (Å²) in [6.07, 6.45) is 2.70. The molecule has 1 amide bonds. The lowest BCUT2D eigenvalue weighted by Crippen LogP contribution is -2.35. The molecule has 0 N–H and O–H groups in total. The van der Waals surface area contributed by atoms with Crippen molar-refractivity contribution in [1.29, 1.82) is 0 Å². The van der Waals surface area contributed by atoms with Crippen LogP contribution in [-0.4, -0.2) is 28.7 Å². The number of carbonyl (C=O) groups is 1. The summed E-state index contributed by atoms with van der Waals surface area (Å²) in [5.74, 6) is 0.511. The molecular weight excluding hydrogens is 206 g/mol. The number of hydrogen-bond donors (Lipinski definition) is 0. The van der Waals surface area contributed by atoms with E-state index in [4.69, 9.17) is 4.74 Å². The molecule has 0 aliphatic rings. The molecule has 0 aliphatic heterocycles. The largest absolute Gasteiger partial charge is 0.443 e. The summed E-state index contributed by atoms with van der Waals surface area (Å²) in [5.41, 5.74) is 0.178. The van der Waals surface area contributed by atoms with Crippen molar-refractivity contribution in [2.75, 3.05) is 11.9 Å². The fourth-order valence-electron chi connectivity index (χ4n) is 1.15. The van der Waals surface area contributed by atoms with Gasteiger partial charge in [0.1, 0.15) is 5.60 Å². The lowest BCUT2D eigenvalue weighted by molar-refractivity contribution is 0.0588. The lowest BCUT2D eigenvalue weighted by Gasteiger charge is -2.24. The van der Waals surface area contributed by atoms with Crippen LogP contribution in [0.25, 0.3) is 0 Å². The van der Waals surface area contributed by atoms with Crippen LogP contribution in [0.5, 0.6) is 0 Å². The van der Waals surface area contributed by atoms with Crippen molar-refractivity contribution in [1.82, 2.24) is 9.97 Å². The number of nitrogens with zero attached hydrogens (tertiary/aromatic N) is 3. The van der Waals surface area contributed by atoms with E-state index in [9.17, 15) is 4.79 Å². The van der Waals surface area contributed by atoms with Crippen LogP contribution in [0, 0.1) is 6.92 Å². The molecule has 0 saturated heterocycles. The molecule has 0 spiro atoms. The maximum absolute atomic E-state index is 11.7. The van der Waals surface area contributed by atoms with Crippen LogP contribution in [0.15, 0.2) is 12.4 Å². The van der Waals surface area contributed by atoms with Crippen molar-refractivity contribution in [3.05, 3.63) is 18.1 Å². The minimum atomic E-state index is -0.512. The van der Waals surface area contributed by atoms with Crippen molar-refractivity contribution in [3.63, 3.8) is 0 Å². The Balaban J connectivity index is 2.83. The van der Waals surface area contributed by atoms with Crippen LogP contribution >= 0.6 is 0 Å². The minimum absolute atomic E-state index is 0.434. The third-order valence-corrected chi connectivity index (χ3v) is 1.84. The molecule has 5 nitrogen and oxygen atoms in total. The molecular formula is C11H17N3O2. The molecule has 0 aliphatic carbocycles. The summed E-state index contributed by atoms with van der Waals surface area (Å²) in [5, 5.41) is 0. The van der Waals surface area contributed by atoms with Gasteiger partial charge in [-0.25, -0.2) is 9.78 Å². The highest BCUT2D eigenvalue weighted by Gasteiger charge is 2.22. The zero-order valence-electron chi connectivity index (χ0n) is 10.3. The summed E-state index contributed by atoms with van der Waals surface area (Å²) in [4.78, 5) is 21.3. The van der Waals surface area contributed by atoms with Gasteiger partial charge in [0.15, 0.2) is 5.82 Å². The zero-order chi connectivity index (χ0) is 12.3. The fourth-order valence-corrected chi connectivity index (χ4v) is 1.15. The molecule has 0 radical (unpaired) electrons. The average molecular weight is 223 g/mol. The van der Waals surface area contributed by atoms with E-state index < -0.39 is 11.7 Å². The molecule has 0 aromatic carbocycles. The number of aryl methyl sites for hydroxylation is 1. The smallest absolute Gasteiger partial charge is 0.415 e. The number of rotatable bonds is 1. The first-order valence-corrected chi connectivity index (χ1v) is 5.05. The van der Waals surface area contributed by atoms with E-state index >= 15 is 0 Å². The van der Waals surface area contributed by atoms with E-state index in [1.165, 1.54) is 4.90 Å². The van der Waals surface area contributed by atoms with Crippen LogP contribution < -0.4 is 4.90 Å². The number of amides is 1. The summed E-state index contributed by atoms with van der Waals surface area (Å²) in [7, 11) is 1.62. The van der Waals surface area contributed by atoms with E-state index in [0.29, 0.717) is 11.5 Å². The topological polar surface area (TPSA) is 55.3 Å². The Labute approximate surface area is 95.5 Å². The number of aromatic nitrogens is 2. The van der Waals surface area contributed by atoms with Gasteiger partial charge in [0.25, 0.3) is 0 Å². The molecule has 0 saturated carbocycles. The van der Waals surface area contributed by atoms with Gasteiger partial charge in [-0.2, -0.15) is 0 Å². The maximum Gasteiger partial charge on any atom is 0.415 e. The van der Waals surface area contributed by atoms with Gasteiger partial charge in [-0.1, -0.05) is 0 Å². The SMILES string of the molecule is Cc1nccnc1N(C)C(=O)OC(C)(C)C. The predicted octanol–water partition coefficient (Wildman–Crippen LogP) is 2.16. The second-order valence-electron chi connectivity index (χ2n) is 4.50. The molecule has 1 aromatic heterocycles. The van der Waals surface area contributed by atoms with Crippen molar-refractivity contribution in [2.24, 2.45) is 0 Å². The second-order valence-corrected chi connectivity index (χ2v) is 4.50. The lowest BCUT2D eigenvalue weighted by atomic mass is 10.2. The van der Waals surface area contributed by atoms with Crippen LogP contribution in [0.3, 0.4) is 0 Å². The number of carbonyl (C=O) groups excluding carboxylic acids is 1. The monoisotopic (exact) mass is 223 g/mol. The van der Waals surface area contributed by atoms with Gasteiger partial charge in [-0.3, -0.25) is 9.88 Å². The Morgan fingerprint density at radius 3 is 2.38 bits per heavy atom. The number of hydrogen-bond acceptors (Lipinski definition) is 4. The van der Waals surface area contributed by atoms with E-state index in [-0.39, 0.29) is 0 Å². The third-order valence-electron chi connectivity index (χ3n) is 1.84. The Morgan fingerprint density at radius 1 is 1.31 bits per heavy atom. The molecule has 16 heavy (non-hydrogen) atoms. The van der Waals surface area contributed by atoms with Crippen molar-refractivity contribution >= 4 is 11.9 Å². The van der Waals surface area contributed by atoms with E-state index in [0.717, 1.165) is 0 Å². The summed E-state index contributed by atoms with van der Waals surface area (Å²) < 4.78 is 5.23. The van der Waals surface area contributed by atoms with Gasteiger partial charge in [-0.15, -0.1) is 0 Å². The first-order valence-electron chi connectivity index (χ1n) is 5.05. The molecule has 88 valence electrons. The quantitative estimate of drug-likeness (QED) is 0.732. The molecule has 5 heteroatoms. The zero-order valence-corrected chi connectivity index (χ0v) is 10.3.